The maximum atomic E-state index is 5.92. The lowest BCUT2D eigenvalue weighted by atomic mass is 10.1. The molecule has 1 heterocycles. The predicted molar refractivity (Wildman–Crippen MR) is 63.0 cm³/mol. The summed E-state index contributed by atoms with van der Waals surface area (Å²) in [6.07, 6.45) is 5.67. The maximum Gasteiger partial charge on any atom is 0.138 e. The van der Waals surface area contributed by atoms with E-state index in [1.807, 2.05) is 11.8 Å². The van der Waals surface area contributed by atoms with Crippen LogP contribution in [0.3, 0.4) is 0 Å². The zero-order valence-electron chi connectivity index (χ0n) is 7.91. The molecule has 78 valence electrons. The van der Waals surface area contributed by atoms with Crippen molar-refractivity contribution in [3.63, 3.8) is 0 Å². The van der Waals surface area contributed by atoms with E-state index in [2.05, 4.69) is 9.59 Å². The highest BCUT2D eigenvalue weighted by Gasteiger charge is 2.15. The molecule has 0 aliphatic heterocycles. The van der Waals surface area contributed by atoms with Gasteiger partial charge in [0.15, 0.2) is 0 Å². The van der Waals surface area contributed by atoms with Gasteiger partial charge in [-0.15, -0.1) is 5.10 Å². The SMILES string of the molecule is Clc1snnc1CSCC1CCCC1. The summed E-state index contributed by atoms with van der Waals surface area (Å²) in [6, 6.07) is 0. The second-order valence-electron chi connectivity index (χ2n) is 3.66. The van der Waals surface area contributed by atoms with Gasteiger partial charge >= 0.3 is 0 Å². The summed E-state index contributed by atoms with van der Waals surface area (Å²) in [5.74, 6) is 3.12. The first kappa shape index (κ1) is 10.7. The number of halogens is 1. The molecule has 0 bridgehead atoms. The van der Waals surface area contributed by atoms with E-state index in [0.29, 0.717) is 0 Å². The minimum atomic E-state index is 0.754. The minimum Gasteiger partial charge on any atom is -0.155 e. The topological polar surface area (TPSA) is 25.8 Å². The fourth-order valence-corrected chi connectivity index (χ4v) is 3.76. The van der Waals surface area contributed by atoms with Crippen molar-refractivity contribution in [3.05, 3.63) is 10.0 Å². The van der Waals surface area contributed by atoms with Crippen LogP contribution in [0.15, 0.2) is 0 Å². The van der Waals surface area contributed by atoms with Gasteiger partial charge in [0.25, 0.3) is 0 Å². The number of thioether (sulfide) groups is 1. The Hall–Kier alpha value is 0.200. The van der Waals surface area contributed by atoms with Gasteiger partial charge in [0.1, 0.15) is 10.0 Å². The molecule has 1 aromatic rings. The molecule has 0 atom stereocenters. The highest BCUT2D eigenvalue weighted by molar-refractivity contribution is 7.98. The first-order valence-corrected chi connectivity index (χ1v) is 7.21. The summed E-state index contributed by atoms with van der Waals surface area (Å²) in [5, 5.41) is 4.00. The van der Waals surface area contributed by atoms with Crippen molar-refractivity contribution in [1.82, 2.24) is 9.59 Å². The molecule has 0 amide bonds. The van der Waals surface area contributed by atoms with E-state index in [1.54, 1.807) is 0 Å². The van der Waals surface area contributed by atoms with Gasteiger partial charge in [0, 0.05) is 17.3 Å². The van der Waals surface area contributed by atoms with Gasteiger partial charge in [-0.05, 0) is 24.5 Å². The summed E-state index contributed by atoms with van der Waals surface area (Å²) >= 11 is 9.14. The normalized spacial score (nSPS) is 17.8. The molecule has 0 N–H and O–H groups in total. The van der Waals surface area contributed by atoms with E-state index >= 15 is 0 Å². The van der Waals surface area contributed by atoms with Crippen LogP contribution < -0.4 is 0 Å². The van der Waals surface area contributed by atoms with E-state index in [4.69, 9.17) is 11.6 Å². The molecule has 1 saturated carbocycles. The standard InChI is InChI=1S/C9H13ClN2S2/c10-9-8(11-12-14-9)6-13-5-7-3-1-2-4-7/h7H,1-6H2. The lowest BCUT2D eigenvalue weighted by Gasteiger charge is -2.06. The molecule has 1 aliphatic rings. The number of hydrogen-bond acceptors (Lipinski definition) is 4. The number of aromatic nitrogens is 2. The number of rotatable bonds is 4. The Kier molecular flexibility index (Phi) is 4.08. The molecule has 2 nitrogen and oxygen atoms in total. The molecule has 14 heavy (non-hydrogen) atoms. The second kappa shape index (κ2) is 5.33. The van der Waals surface area contributed by atoms with Crippen LogP contribution in [0.1, 0.15) is 31.4 Å². The molecule has 1 fully saturated rings. The summed E-state index contributed by atoms with van der Waals surface area (Å²) in [4.78, 5) is 0. The van der Waals surface area contributed by atoms with Gasteiger partial charge in [-0.25, -0.2) is 0 Å². The molecule has 1 aromatic heterocycles. The van der Waals surface area contributed by atoms with E-state index in [1.165, 1.54) is 43.0 Å². The Balaban J connectivity index is 1.70. The molecule has 2 rings (SSSR count). The minimum absolute atomic E-state index is 0.754. The van der Waals surface area contributed by atoms with Gasteiger partial charge < -0.3 is 0 Å². The Morgan fingerprint density at radius 1 is 1.43 bits per heavy atom. The van der Waals surface area contributed by atoms with Crippen molar-refractivity contribution < 1.29 is 0 Å². The molecule has 0 saturated heterocycles. The van der Waals surface area contributed by atoms with Crippen LogP contribution in [0.2, 0.25) is 4.34 Å². The Morgan fingerprint density at radius 2 is 2.21 bits per heavy atom. The fourth-order valence-electron chi connectivity index (χ4n) is 1.78. The fraction of sp³-hybridized carbons (Fsp3) is 0.778. The third-order valence-electron chi connectivity index (χ3n) is 2.58. The molecular weight excluding hydrogens is 236 g/mol. The van der Waals surface area contributed by atoms with Crippen molar-refractivity contribution in [2.24, 2.45) is 5.92 Å². The number of hydrogen-bond donors (Lipinski definition) is 0. The molecule has 0 spiro atoms. The molecule has 0 unspecified atom stereocenters. The monoisotopic (exact) mass is 248 g/mol. The first-order chi connectivity index (χ1) is 6.86. The second-order valence-corrected chi connectivity index (χ2v) is 6.05. The first-order valence-electron chi connectivity index (χ1n) is 4.90. The van der Waals surface area contributed by atoms with Crippen LogP contribution in [0, 0.1) is 5.92 Å². The van der Waals surface area contributed by atoms with E-state index < -0.39 is 0 Å². The Bertz CT molecular complexity index is 284. The van der Waals surface area contributed by atoms with Crippen molar-refractivity contribution in [2.45, 2.75) is 31.4 Å². The van der Waals surface area contributed by atoms with E-state index in [0.717, 1.165) is 21.7 Å². The van der Waals surface area contributed by atoms with Gasteiger partial charge in [-0.3, -0.25) is 0 Å². The maximum absolute atomic E-state index is 5.92. The lowest BCUT2D eigenvalue weighted by molar-refractivity contribution is 0.623. The van der Waals surface area contributed by atoms with Crippen molar-refractivity contribution in [3.8, 4) is 0 Å². The van der Waals surface area contributed by atoms with Crippen molar-refractivity contribution in [2.75, 3.05) is 5.75 Å². The van der Waals surface area contributed by atoms with Crippen LogP contribution >= 0.6 is 34.9 Å². The molecular formula is C9H13ClN2S2. The van der Waals surface area contributed by atoms with Gasteiger partial charge in [0.05, 0.1) is 0 Å². The van der Waals surface area contributed by atoms with E-state index in [9.17, 15) is 0 Å². The van der Waals surface area contributed by atoms with Crippen LogP contribution in [-0.4, -0.2) is 15.3 Å². The average molecular weight is 249 g/mol. The lowest BCUT2D eigenvalue weighted by Crippen LogP contribution is -1.97. The van der Waals surface area contributed by atoms with Crippen LogP contribution in [-0.2, 0) is 5.75 Å². The summed E-state index contributed by atoms with van der Waals surface area (Å²) in [6.45, 7) is 0. The smallest absolute Gasteiger partial charge is 0.138 e. The highest BCUT2D eigenvalue weighted by Crippen LogP contribution is 2.30. The van der Waals surface area contributed by atoms with Gasteiger partial charge in [-0.1, -0.05) is 28.9 Å². The zero-order valence-corrected chi connectivity index (χ0v) is 10.3. The van der Waals surface area contributed by atoms with E-state index in [-0.39, 0.29) is 0 Å². The molecule has 0 radical (unpaired) electrons. The van der Waals surface area contributed by atoms with Crippen LogP contribution in [0.4, 0.5) is 0 Å². The average Bonchev–Trinajstić information content (AvgIpc) is 2.78. The third-order valence-corrected chi connectivity index (χ3v) is 4.75. The largest absolute Gasteiger partial charge is 0.155 e. The van der Waals surface area contributed by atoms with Gasteiger partial charge in [0.2, 0.25) is 0 Å². The summed E-state index contributed by atoms with van der Waals surface area (Å²) in [7, 11) is 0. The predicted octanol–water partition coefficient (Wildman–Crippen LogP) is 3.61. The zero-order chi connectivity index (χ0) is 9.80. The summed E-state index contributed by atoms with van der Waals surface area (Å²) in [5.41, 5.74) is 0.958. The Morgan fingerprint density at radius 3 is 2.86 bits per heavy atom. The van der Waals surface area contributed by atoms with Gasteiger partial charge in [-0.2, -0.15) is 11.8 Å². The van der Waals surface area contributed by atoms with Crippen LogP contribution in [0.5, 0.6) is 0 Å². The molecule has 5 heteroatoms. The number of nitrogens with zero attached hydrogens (tertiary/aromatic N) is 2. The van der Waals surface area contributed by atoms with Crippen molar-refractivity contribution in [1.29, 1.82) is 0 Å². The molecule has 0 aromatic carbocycles. The molecule has 1 aliphatic carbocycles. The third kappa shape index (κ3) is 2.84. The highest BCUT2D eigenvalue weighted by atomic mass is 35.5. The Labute approximate surface area is 97.6 Å². The van der Waals surface area contributed by atoms with Crippen LogP contribution in [0.25, 0.3) is 0 Å². The van der Waals surface area contributed by atoms with Crippen molar-refractivity contribution >= 4 is 34.9 Å². The quantitative estimate of drug-likeness (QED) is 0.814. The summed E-state index contributed by atoms with van der Waals surface area (Å²) < 4.78 is 4.57.